The fourth-order valence-electron chi connectivity index (χ4n) is 2.46. The topological polar surface area (TPSA) is 62.3 Å². The number of pyridine rings is 1. The van der Waals surface area contributed by atoms with E-state index in [1.54, 1.807) is 22.9 Å². The first-order chi connectivity index (χ1) is 11.1. The lowest BCUT2D eigenvalue weighted by Crippen LogP contribution is -2.47. The molecule has 1 aliphatic rings. The van der Waals surface area contributed by atoms with Gasteiger partial charge in [-0.2, -0.15) is 0 Å². The second kappa shape index (κ2) is 8.72. The molecular formula is C17H23N3O2S. The molecule has 1 fully saturated rings. The first-order valence-electron chi connectivity index (χ1n) is 7.86. The summed E-state index contributed by atoms with van der Waals surface area (Å²) in [4.78, 5) is 30.7. The number of nitrogens with one attached hydrogen (secondary N) is 1. The molecule has 1 saturated heterocycles. The van der Waals surface area contributed by atoms with E-state index in [1.165, 1.54) is 0 Å². The van der Waals surface area contributed by atoms with Crippen LogP contribution < -0.4 is 5.32 Å². The van der Waals surface area contributed by atoms with Gasteiger partial charge in [0.1, 0.15) is 6.04 Å². The zero-order valence-electron chi connectivity index (χ0n) is 13.6. The van der Waals surface area contributed by atoms with Crippen LogP contribution in [0.25, 0.3) is 0 Å². The van der Waals surface area contributed by atoms with E-state index in [0.29, 0.717) is 30.2 Å². The Labute approximate surface area is 141 Å². The molecule has 0 aromatic carbocycles. The fourth-order valence-corrected chi connectivity index (χ4v) is 3.61. The van der Waals surface area contributed by atoms with Gasteiger partial charge in [0.25, 0.3) is 5.91 Å². The van der Waals surface area contributed by atoms with Gasteiger partial charge in [0.15, 0.2) is 0 Å². The van der Waals surface area contributed by atoms with Gasteiger partial charge in [0, 0.05) is 36.2 Å². The van der Waals surface area contributed by atoms with Crippen LogP contribution >= 0.6 is 11.8 Å². The zero-order chi connectivity index (χ0) is 16.7. The summed E-state index contributed by atoms with van der Waals surface area (Å²) in [5.74, 6) is 1.11. The molecule has 1 atom stereocenters. The number of allylic oxidation sites excluding steroid dienone is 1. The first-order valence-corrected chi connectivity index (χ1v) is 9.02. The molecule has 23 heavy (non-hydrogen) atoms. The smallest absolute Gasteiger partial charge is 0.250 e. The highest BCUT2D eigenvalue weighted by Crippen LogP contribution is 2.23. The molecule has 124 valence electrons. The number of amides is 2. The lowest BCUT2D eigenvalue weighted by atomic mass is 10.2. The molecular weight excluding hydrogens is 310 g/mol. The Balaban J connectivity index is 1.88. The second-order valence-corrected chi connectivity index (χ2v) is 6.45. The van der Waals surface area contributed by atoms with E-state index in [4.69, 9.17) is 0 Å². The summed E-state index contributed by atoms with van der Waals surface area (Å²) in [6.07, 6.45) is 5.16. The molecule has 0 spiro atoms. The molecule has 0 radical (unpaired) electrons. The lowest BCUT2D eigenvalue weighted by molar-refractivity contribution is -0.135. The van der Waals surface area contributed by atoms with E-state index < -0.39 is 0 Å². The Kier molecular flexibility index (Phi) is 6.65. The molecule has 0 aliphatic carbocycles. The number of aromatic nitrogens is 1. The van der Waals surface area contributed by atoms with Crippen molar-refractivity contribution in [1.82, 2.24) is 15.2 Å². The average molecular weight is 333 g/mol. The number of carbonyl (C=O) groups excluding carboxylic acids is 2. The highest BCUT2D eigenvalue weighted by Gasteiger charge is 2.34. The summed E-state index contributed by atoms with van der Waals surface area (Å²) in [6, 6.07) is 5.36. The fraction of sp³-hybridized carbons (Fsp3) is 0.471. The van der Waals surface area contributed by atoms with E-state index >= 15 is 0 Å². The largest absolute Gasteiger partial charge is 0.354 e. The number of nitrogens with zero attached hydrogens (tertiary/aromatic N) is 2. The maximum atomic E-state index is 12.4. The van der Waals surface area contributed by atoms with Gasteiger partial charge in [-0.05, 0) is 25.5 Å². The van der Waals surface area contributed by atoms with Crippen molar-refractivity contribution in [1.29, 1.82) is 0 Å². The quantitative estimate of drug-likeness (QED) is 0.809. The molecule has 1 N–H and O–H groups in total. The standard InChI is InChI=1S/C17H23N3O2S/c1-3-6-13(2)17(22)20-12-23-11-15(20)16(21)19-10-8-14-7-4-5-9-18-14/h4-7,9,15H,3,8,10-12H2,1-2H3,(H,19,21)/b13-6-/t15-/m0/s1. The van der Waals surface area contributed by atoms with Crippen LogP contribution in [0.5, 0.6) is 0 Å². The Morgan fingerprint density at radius 3 is 3.00 bits per heavy atom. The van der Waals surface area contributed by atoms with E-state index in [1.807, 2.05) is 38.1 Å². The zero-order valence-corrected chi connectivity index (χ0v) is 14.4. The molecule has 1 aromatic heterocycles. The molecule has 0 unspecified atom stereocenters. The van der Waals surface area contributed by atoms with Crippen LogP contribution in [-0.2, 0) is 16.0 Å². The molecule has 1 aliphatic heterocycles. The molecule has 2 rings (SSSR count). The number of rotatable bonds is 6. The summed E-state index contributed by atoms with van der Waals surface area (Å²) in [6.45, 7) is 4.34. The van der Waals surface area contributed by atoms with Gasteiger partial charge in [-0.3, -0.25) is 14.6 Å². The number of carbonyl (C=O) groups is 2. The van der Waals surface area contributed by atoms with Gasteiger partial charge in [-0.15, -0.1) is 11.8 Å². The summed E-state index contributed by atoms with van der Waals surface area (Å²) in [7, 11) is 0. The Bertz CT molecular complexity index is 574. The van der Waals surface area contributed by atoms with Gasteiger partial charge in [-0.1, -0.05) is 19.1 Å². The van der Waals surface area contributed by atoms with Crippen LogP contribution in [0.4, 0.5) is 0 Å². The Morgan fingerprint density at radius 1 is 1.48 bits per heavy atom. The summed E-state index contributed by atoms with van der Waals surface area (Å²) < 4.78 is 0. The van der Waals surface area contributed by atoms with Crippen LogP contribution in [-0.4, -0.2) is 45.9 Å². The Morgan fingerprint density at radius 2 is 2.30 bits per heavy atom. The van der Waals surface area contributed by atoms with Gasteiger partial charge >= 0.3 is 0 Å². The first kappa shape index (κ1) is 17.5. The molecule has 2 amide bonds. The van der Waals surface area contributed by atoms with Crippen molar-refractivity contribution in [3.63, 3.8) is 0 Å². The summed E-state index contributed by atoms with van der Waals surface area (Å²) >= 11 is 1.62. The van der Waals surface area contributed by atoms with Crippen LogP contribution in [0, 0.1) is 0 Å². The average Bonchev–Trinajstić information content (AvgIpc) is 3.05. The third kappa shape index (κ3) is 4.82. The second-order valence-electron chi connectivity index (χ2n) is 5.45. The summed E-state index contributed by atoms with van der Waals surface area (Å²) in [5.41, 5.74) is 1.66. The SMILES string of the molecule is CC/C=C(/C)C(=O)N1CSC[C@H]1C(=O)NCCc1ccccn1. The minimum atomic E-state index is -0.378. The number of hydrogen-bond acceptors (Lipinski definition) is 4. The molecule has 6 heteroatoms. The van der Waals surface area contributed by atoms with Crippen molar-refractivity contribution >= 4 is 23.6 Å². The highest BCUT2D eigenvalue weighted by atomic mass is 32.2. The van der Waals surface area contributed by atoms with Crippen LogP contribution in [0.15, 0.2) is 36.0 Å². The predicted molar refractivity (Wildman–Crippen MR) is 93.0 cm³/mol. The van der Waals surface area contributed by atoms with Gasteiger partial charge in [-0.25, -0.2) is 0 Å². The van der Waals surface area contributed by atoms with Crippen molar-refractivity contribution < 1.29 is 9.59 Å². The van der Waals surface area contributed by atoms with Crippen molar-refractivity contribution in [2.24, 2.45) is 0 Å². The molecule has 2 heterocycles. The van der Waals surface area contributed by atoms with E-state index in [2.05, 4.69) is 10.3 Å². The van der Waals surface area contributed by atoms with Crippen molar-refractivity contribution in [3.05, 3.63) is 41.7 Å². The summed E-state index contributed by atoms with van der Waals surface area (Å²) in [5, 5.41) is 2.92. The van der Waals surface area contributed by atoms with Crippen LogP contribution in [0.2, 0.25) is 0 Å². The van der Waals surface area contributed by atoms with Crippen LogP contribution in [0.1, 0.15) is 26.0 Å². The number of hydrogen-bond donors (Lipinski definition) is 1. The normalized spacial score (nSPS) is 18.1. The highest BCUT2D eigenvalue weighted by molar-refractivity contribution is 7.99. The van der Waals surface area contributed by atoms with Gasteiger partial charge < -0.3 is 10.2 Å². The maximum Gasteiger partial charge on any atom is 0.250 e. The maximum absolute atomic E-state index is 12.4. The van der Waals surface area contributed by atoms with E-state index in [9.17, 15) is 9.59 Å². The lowest BCUT2D eigenvalue weighted by Gasteiger charge is -2.23. The van der Waals surface area contributed by atoms with Crippen LogP contribution in [0.3, 0.4) is 0 Å². The predicted octanol–water partition coefficient (Wildman–Crippen LogP) is 2.00. The Hall–Kier alpha value is -1.82. The minimum Gasteiger partial charge on any atom is -0.354 e. The minimum absolute atomic E-state index is 0.0401. The number of thioether (sulfide) groups is 1. The molecule has 1 aromatic rings. The van der Waals surface area contributed by atoms with E-state index in [-0.39, 0.29) is 17.9 Å². The van der Waals surface area contributed by atoms with Crippen molar-refractivity contribution in [3.8, 4) is 0 Å². The third-order valence-electron chi connectivity index (χ3n) is 3.70. The molecule has 0 saturated carbocycles. The molecule has 5 nitrogen and oxygen atoms in total. The molecule has 0 bridgehead atoms. The van der Waals surface area contributed by atoms with Crippen molar-refractivity contribution in [2.45, 2.75) is 32.7 Å². The van der Waals surface area contributed by atoms with Gasteiger partial charge in [0.2, 0.25) is 5.91 Å². The third-order valence-corrected chi connectivity index (χ3v) is 4.71. The van der Waals surface area contributed by atoms with Crippen molar-refractivity contribution in [2.75, 3.05) is 18.2 Å². The monoisotopic (exact) mass is 333 g/mol. The van der Waals surface area contributed by atoms with Gasteiger partial charge in [0.05, 0.1) is 5.88 Å². The van der Waals surface area contributed by atoms with E-state index in [0.717, 1.165) is 12.1 Å².